The van der Waals surface area contributed by atoms with Crippen LogP contribution in [0.4, 0.5) is 0 Å². The number of nitrogens with two attached hydrogens (primary N) is 1. The smallest absolute Gasteiger partial charge is 0.238 e. The lowest BCUT2D eigenvalue weighted by Gasteiger charge is -2.09. The number of benzene rings is 3. The molecule has 4 aromatic rings. The molecular weight excluding hydrogens is 412 g/mol. The largest absolute Gasteiger partial charge is 0.508 e. The van der Waals surface area contributed by atoms with Crippen molar-refractivity contribution in [3.05, 3.63) is 84.4 Å². The molecule has 0 saturated carbocycles. The second kappa shape index (κ2) is 8.35. The molecule has 0 amide bonds. The first-order valence-electron chi connectivity index (χ1n) is 9.62. The predicted molar refractivity (Wildman–Crippen MR) is 120 cm³/mol. The zero-order chi connectivity index (χ0) is 22.0. The van der Waals surface area contributed by atoms with Crippen molar-refractivity contribution in [1.29, 1.82) is 0 Å². The van der Waals surface area contributed by atoms with E-state index in [1.54, 1.807) is 35.0 Å². The molecule has 0 atom stereocenters. The Kier molecular flexibility index (Phi) is 5.60. The quantitative estimate of drug-likeness (QED) is 0.431. The lowest BCUT2D eigenvalue weighted by atomic mass is 10.1. The minimum absolute atomic E-state index is 0.0366. The van der Waals surface area contributed by atoms with E-state index < -0.39 is 10.0 Å². The van der Waals surface area contributed by atoms with Gasteiger partial charge in [-0.2, -0.15) is 5.10 Å². The molecule has 1 heterocycles. The highest BCUT2D eigenvalue weighted by atomic mass is 32.2. The third-order valence-electron chi connectivity index (χ3n) is 4.89. The van der Waals surface area contributed by atoms with Gasteiger partial charge >= 0.3 is 0 Å². The fraction of sp³-hybridized carbons (Fsp3) is 0.0870. The molecule has 0 radical (unpaired) electrons. The number of primary sulfonamides is 1. The number of rotatable bonds is 6. The molecule has 4 N–H and O–H groups in total. The Bertz CT molecular complexity index is 1310. The summed E-state index contributed by atoms with van der Waals surface area (Å²) >= 11 is 0. The highest BCUT2D eigenvalue weighted by molar-refractivity contribution is 7.89. The summed E-state index contributed by atoms with van der Waals surface area (Å²) in [4.78, 5) is 0.0366. The number of phenolic OH excluding ortho intramolecular Hbond substituents is 1. The molecule has 0 spiro atoms. The zero-order valence-electron chi connectivity index (χ0n) is 16.9. The highest BCUT2D eigenvalue weighted by Crippen LogP contribution is 2.30. The molecule has 31 heavy (non-hydrogen) atoms. The molecule has 0 aliphatic carbocycles. The second-order valence-electron chi connectivity index (χ2n) is 7.14. The standard InChI is InChI=1S/C23H22N4O3S/c1-25-15-16-5-7-17(8-6-16)23-14-22(18-3-2-4-20(28)13-18)26-27(23)19-9-11-21(12-10-19)31(24,29)30/h2-14,25,28H,15H2,1H3,(H2,24,29,30). The van der Waals surface area contributed by atoms with Crippen molar-refractivity contribution < 1.29 is 13.5 Å². The van der Waals surface area contributed by atoms with E-state index in [2.05, 4.69) is 5.32 Å². The van der Waals surface area contributed by atoms with Crippen LogP contribution < -0.4 is 10.5 Å². The van der Waals surface area contributed by atoms with Crippen LogP contribution in [0.15, 0.2) is 83.8 Å². The maximum atomic E-state index is 11.6. The maximum absolute atomic E-state index is 11.6. The summed E-state index contributed by atoms with van der Waals surface area (Å²) in [7, 11) is -1.88. The SMILES string of the molecule is CNCc1ccc(-c2cc(-c3cccc(O)c3)nn2-c2ccc(S(N)(=O)=O)cc2)cc1. The number of aromatic nitrogens is 2. The van der Waals surface area contributed by atoms with Gasteiger partial charge in [-0.3, -0.25) is 0 Å². The van der Waals surface area contributed by atoms with Gasteiger partial charge in [0.25, 0.3) is 0 Å². The summed E-state index contributed by atoms with van der Waals surface area (Å²) in [5.41, 5.74) is 5.08. The molecule has 4 rings (SSSR count). The highest BCUT2D eigenvalue weighted by Gasteiger charge is 2.15. The number of phenols is 1. The Hall–Kier alpha value is -3.46. The average Bonchev–Trinajstić information content (AvgIpc) is 3.20. The number of hydrogen-bond donors (Lipinski definition) is 3. The summed E-state index contributed by atoms with van der Waals surface area (Å²) in [6.07, 6.45) is 0. The molecule has 0 unspecified atom stereocenters. The van der Waals surface area contributed by atoms with Gasteiger partial charge in [0.1, 0.15) is 5.75 Å². The molecular formula is C23H22N4O3S. The van der Waals surface area contributed by atoms with E-state index in [0.29, 0.717) is 11.4 Å². The molecule has 0 bridgehead atoms. The summed E-state index contributed by atoms with van der Waals surface area (Å²) in [6.45, 7) is 0.767. The first-order chi connectivity index (χ1) is 14.8. The van der Waals surface area contributed by atoms with Gasteiger partial charge in [0.15, 0.2) is 0 Å². The van der Waals surface area contributed by atoms with E-state index in [1.165, 1.54) is 12.1 Å². The summed E-state index contributed by atoms with van der Waals surface area (Å²) in [5, 5.41) is 22.9. The minimum atomic E-state index is -3.78. The molecule has 7 nitrogen and oxygen atoms in total. The molecule has 0 saturated heterocycles. The van der Waals surface area contributed by atoms with E-state index in [9.17, 15) is 13.5 Å². The molecule has 3 aromatic carbocycles. The topological polar surface area (TPSA) is 110 Å². The first-order valence-corrected chi connectivity index (χ1v) is 11.2. The number of nitrogens with one attached hydrogen (secondary N) is 1. The van der Waals surface area contributed by atoms with Crippen molar-refractivity contribution in [2.24, 2.45) is 5.14 Å². The van der Waals surface area contributed by atoms with Crippen LogP contribution in [0.2, 0.25) is 0 Å². The Morgan fingerprint density at radius 3 is 2.29 bits per heavy atom. The Morgan fingerprint density at radius 1 is 0.968 bits per heavy atom. The van der Waals surface area contributed by atoms with Crippen LogP contribution in [-0.4, -0.2) is 30.4 Å². The fourth-order valence-corrected chi connectivity index (χ4v) is 3.88. The van der Waals surface area contributed by atoms with E-state index in [1.807, 2.05) is 43.4 Å². The second-order valence-corrected chi connectivity index (χ2v) is 8.70. The van der Waals surface area contributed by atoms with Crippen LogP contribution in [-0.2, 0) is 16.6 Å². The number of sulfonamides is 1. The Morgan fingerprint density at radius 2 is 1.68 bits per heavy atom. The van der Waals surface area contributed by atoms with Crippen LogP contribution in [0.25, 0.3) is 28.2 Å². The monoisotopic (exact) mass is 434 g/mol. The zero-order valence-corrected chi connectivity index (χ0v) is 17.7. The van der Waals surface area contributed by atoms with E-state index in [4.69, 9.17) is 10.2 Å². The van der Waals surface area contributed by atoms with Crippen molar-refractivity contribution >= 4 is 10.0 Å². The van der Waals surface area contributed by atoms with E-state index in [-0.39, 0.29) is 10.6 Å². The van der Waals surface area contributed by atoms with Crippen molar-refractivity contribution in [1.82, 2.24) is 15.1 Å². The van der Waals surface area contributed by atoms with Crippen molar-refractivity contribution in [2.45, 2.75) is 11.4 Å². The first kappa shape index (κ1) is 20.8. The molecule has 158 valence electrons. The molecule has 1 aromatic heterocycles. The molecule has 8 heteroatoms. The van der Waals surface area contributed by atoms with Gasteiger partial charge in [-0.1, -0.05) is 36.4 Å². The predicted octanol–water partition coefficient (Wildman–Crippen LogP) is 3.28. The van der Waals surface area contributed by atoms with Gasteiger partial charge in [0.05, 0.1) is 22.0 Å². The molecule has 0 fully saturated rings. The maximum Gasteiger partial charge on any atom is 0.238 e. The van der Waals surface area contributed by atoms with Crippen LogP contribution in [0.3, 0.4) is 0 Å². The van der Waals surface area contributed by atoms with Gasteiger partial charge in [0.2, 0.25) is 10.0 Å². The van der Waals surface area contributed by atoms with Crippen LogP contribution in [0, 0.1) is 0 Å². The molecule has 0 aliphatic rings. The molecule has 0 aliphatic heterocycles. The summed E-state index contributed by atoms with van der Waals surface area (Å²) < 4.78 is 25.0. The average molecular weight is 435 g/mol. The van der Waals surface area contributed by atoms with Crippen molar-refractivity contribution in [3.8, 4) is 34.0 Å². The van der Waals surface area contributed by atoms with Gasteiger partial charge in [-0.15, -0.1) is 0 Å². The van der Waals surface area contributed by atoms with Crippen molar-refractivity contribution in [2.75, 3.05) is 7.05 Å². The van der Waals surface area contributed by atoms with E-state index >= 15 is 0 Å². The van der Waals surface area contributed by atoms with E-state index in [0.717, 1.165) is 28.9 Å². The van der Waals surface area contributed by atoms with Gasteiger partial charge in [-0.25, -0.2) is 18.2 Å². The third-order valence-corrected chi connectivity index (χ3v) is 5.82. The van der Waals surface area contributed by atoms with Crippen LogP contribution >= 0.6 is 0 Å². The number of aromatic hydroxyl groups is 1. The third kappa shape index (κ3) is 4.51. The fourth-order valence-electron chi connectivity index (χ4n) is 3.36. The number of hydrogen-bond acceptors (Lipinski definition) is 5. The lowest BCUT2D eigenvalue weighted by molar-refractivity contribution is 0.475. The Balaban J connectivity index is 1.84. The summed E-state index contributed by atoms with van der Waals surface area (Å²) in [5.74, 6) is 0.155. The van der Waals surface area contributed by atoms with Crippen LogP contribution in [0.5, 0.6) is 5.75 Å². The van der Waals surface area contributed by atoms with Crippen molar-refractivity contribution in [3.63, 3.8) is 0 Å². The summed E-state index contributed by atoms with van der Waals surface area (Å²) in [6, 6.07) is 23.2. The van der Waals surface area contributed by atoms with Gasteiger partial charge in [-0.05, 0) is 55.1 Å². The number of nitrogens with zero attached hydrogens (tertiary/aromatic N) is 2. The van der Waals surface area contributed by atoms with Gasteiger partial charge < -0.3 is 10.4 Å². The van der Waals surface area contributed by atoms with Crippen LogP contribution in [0.1, 0.15) is 5.56 Å². The Labute approximate surface area is 180 Å². The normalized spacial score (nSPS) is 11.5. The van der Waals surface area contributed by atoms with Gasteiger partial charge in [0, 0.05) is 17.7 Å². The lowest BCUT2D eigenvalue weighted by Crippen LogP contribution is -2.12. The minimum Gasteiger partial charge on any atom is -0.508 e.